The zero-order valence-corrected chi connectivity index (χ0v) is 17.1. The van der Waals surface area contributed by atoms with Gasteiger partial charge in [0.15, 0.2) is 11.6 Å². The quantitative estimate of drug-likeness (QED) is 0.570. The first kappa shape index (κ1) is 20.6. The lowest BCUT2D eigenvalue weighted by Gasteiger charge is -2.33. The number of urea groups is 1. The second-order valence-electron chi connectivity index (χ2n) is 6.86. The lowest BCUT2D eigenvalue weighted by molar-refractivity contribution is 0.209. The molecular formula is C20H15ClF3N3O2S. The minimum Gasteiger partial charge on any atom is -0.324 e. The molecule has 1 aliphatic rings. The predicted octanol–water partition coefficient (Wildman–Crippen LogP) is 5.05. The summed E-state index contributed by atoms with van der Waals surface area (Å²) in [6.45, 7) is 0. The topological polar surface area (TPSA) is 65.2 Å². The summed E-state index contributed by atoms with van der Waals surface area (Å²) in [4.78, 5) is 29.3. The summed E-state index contributed by atoms with van der Waals surface area (Å²) in [6.07, 6.45) is 0. The number of pyridine rings is 1. The van der Waals surface area contributed by atoms with Gasteiger partial charge in [-0.05, 0) is 35.7 Å². The summed E-state index contributed by atoms with van der Waals surface area (Å²) in [5.41, 5.74) is 0.916. The highest BCUT2D eigenvalue weighted by molar-refractivity contribution is 7.98. The third kappa shape index (κ3) is 3.63. The zero-order valence-electron chi connectivity index (χ0n) is 15.6. The second-order valence-corrected chi connectivity index (χ2v) is 8.30. The fourth-order valence-corrected chi connectivity index (χ4v) is 4.82. The van der Waals surface area contributed by atoms with Gasteiger partial charge in [-0.1, -0.05) is 11.6 Å². The summed E-state index contributed by atoms with van der Waals surface area (Å²) < 4.78 is 41.0. The number of hydrogen-bond donors (Lipinski definition) is 2. The van der Waals surface area contributed by atoms with E-state index in [0.717, 1.165) is 18.2 Å². The van der Waals surface area contributed by atoms with Crippen LogP contribution in [0.4, 0.5) is 23.7 Å². The number of nitrogens with zero attached hydrogens (tertiary/aromatic N) is 1. The van der Waals surface area contributed by atoms with E-state index in [2.05, 4.69) is 10.3 Å². The van der Waals surface area contributed by atoms with Crippen LogP contribution < -0.4 is 10.9 Å². The Labute approximate surface area is 178 Å². The normalized spacial score (nSPS) is 15.7. The average Bonchev–Trinajstić information content (AvgIpc) is 2.71. The fraction of sp³-hybridized carbons (Fsp3) is 0.200. The molecule has 30 heavy (non-hydrogen) atoms. The van der Waals surface area contributed by atoms with E-state index in [1.165, 1.54) is 28.8 Å². The molecule has 3 aromatic rings. The van der Waals surface area contributed by atoms with Gasteiger partial charge in [-0.25, -0.2) is 18.0 Å². The number of nitrogens with one attached hydrogen (secondary N) is 2. The van der Waals surface area contributed by atoms with Crippen LogP contribution in [0.5, 0.6) is 0 Å². The highest BCUT2D eigenvalue weighted by atomic mass is 35.5. The molecule has 0 spiro atoms. The number of anilines is 1. The van der Waals surface area contributed by atoms with Crippen molar-refractivity contribution >= 4 is 45.9 Å². The number of fused-ring (bicyclic) bond motifs is 3. The van der Waals surface area contributed by atoms with Gasteiger partial charge in [0, 0.05) is 35.5 Å². The third-order valence-corrected chi connectivity index (χ3v) is 6.33. The average molecular weight is 454 g/mol. The third-order valence-electron chi connectivity index (χ3n) is 5.00. The van der Waals surface area contributed by atoms with Crippen molar-refractivity contribution in [2.45, 2.75) is 11.8 Å². The van der Waals surface area contributed by atoms with Crippen molar-refractivity contribution in [1.82, 2.24) is 9.88 Å². The van der Waals surface area contributed by atoms with E-state index in [-0.39, 0.29) is 15.8 Å². The van der Waals surface area contributed by atoms with Crippen molar-refractivity contribution < 1.29 is 18.0 Å². The highest BCUT2D eigenvalue weighted by Crippen LogP contribution is 2.38. The number of benzene rings is 2. The number of aromatic nitrogens is 1. The van der Waals surface area contributed by atoms with Gasteiger partial charge in [-0.15, -0.1) is 0 Å². The molecule has 1 aromatic heterocycles. The monoisotopic (exact) mass is 453 g/mol. The van der Waals surface area contributed by atoms with Gasteiger partial charge < -0.3 is 15.2 Å². The number of hydrogen-bond acceptors (Lipinski definition) is 3. The maximum Gasteiger partial charge on any atom is 0.322 e. The van der Waals surface area contributed by atoms with Crippen LogP contribution in [0.1, 0.15) is 17.3 Å². The first-order valence-corrected chi connectivity index (χ1v) is 10.4. The molecule has 1 unspecified atom stereocenters. The van der Waals surface area contributed by atoms with Gasteiger partial charge in [0.2, 0.25) is 0 Å². The number of H-pyrrole nitrogens is 1. The molecule has 1 aliphatic heterocycles. The van der Waals surface area contributed by atoms with Crippen molar-refractivity contribution in [2.24, 2.45) is 0 Å². The van der Waals surface area contributed by atoms with Crippen LogP contribution in [0.2, 0.25) is 5.02 Å². The van der Waals surface area contributed by atoms with Crippen molar-refractivity contribution in [2.75, 3.05) is 18.1 Å². The van der Waals surface area contributed by atoms with E-state index < -0.39 is 35.1 Å². The van der Waals surface area contributed by atoms with E-state index in [4.69, 9.17) is 11.6 Å². The summed E-state index contributed by atoms with van der Waals surface area (Å²) in [5, 5.41) is 2.79. The molecule has 0 saturated heterocycles. The van der Waals surface area contributed by atoms with Crippen LogP contribution in [-0.4, -0.2) is 28.7 Å². The Morgan fingerprint density at radius 1 is 1.17 bits per heavy atom. The van der Waals surface area contributed by atoms with Gasteiger partial charge in [0.25, 0.3) is 5.56 Å². The van der Waals surface area contributed by atoms with Gasteiger partial charge in [0.05, 0.1) is 16.5 Å². The molecule has 0 aliphatic carbocycles. The summed E-state index contributed by atoms with van der Waals surface area (Å²) >= 11 is 7.25. The maximum absolute atomic E-state index is 14.0. The number of amides is 2. The maximum atomic E-state index is 14.0. The van der Waals surface area contributed by atoms with Gasteiger partial charge in [0.1, 0.15) is 5.82 Å². The summed E-state index contributed by atoms with van der Waals surface area (Å²) in [7, 11) is 1.55. The standard InChI is InChI=1S/C20H15ClF3N3O2S/c1-27(20(29)25-9-2-3-13(22)12(21)4-9)17-8-30-7-16-18(17)10-5-14(23)15(24)6-11(10)19(28)26-16/h2-6,17H,7-8H2,1H3,(H,25,29)(H,26,28). The Hall–Kier alpha value is -2.65. The van der Waals surface area contributed by atoms with Crippen molar-refractivity contribution in [1.29, 1.82) is 0 Å². The SMILES string of the molecule is CN(C(=O)Nc1ccc(F)c(Cl)c1)C1CSCc2[nH]c(=O)c3cc(F)c(F)cc3c21. The second kappa shape index (κ2) is 7.88. The Morgan fingerprint density at radius 2 is 1.87 bits per heavy atom. The molecule has 2 aromatic carbocycles. The van der Waals surface area contributed by atoms with Crippen LogP contribution in [0.15, 0.2) is 35.1 Å². The molecule has 1 atom stereocenters. The Bertz CT molecular complexity index is 1230. The molecule has 2 amide bonds. The van der Waals surface area contributed by atoms with Crippen LogP contribution in [0, 0.1) is 17.5 Å². The molecule has 2 heterocycles. The van der Waals surface area contributed by atoms with Gasteiger partial charge >= 0.3 is 6.03 Å². The molecule has 4 rings (SSSR count). The first-order valence-electron chi connectivity index (χ1n) is 8.86. The van der Waals surface area contributed by atoms with E-state index in [0.29, 0.717) is 28.5 Å². The number of carbonyl (C=O) groups is 1. The van der Waals surface area contributed by atoms with Crippen molar-refractivity contribution in [3.8, 4) is 0 Å². The summed E-state index contributed by atoms with van der Waals surface area (Å²) in [6, 6.07) is 4.64. The van der Waals surface area contributed by atoms with Crippen molar-refractivity contribution in [3.63, 3.8) is 0 Å². The van der Waals surface area contributed by atoms with Crippen LogP contribution in [-0.2, 0) is 5.75 Å². The molecule has 0 saturated carbocycles. The van der Waals surface area contributed by atoms with E-state index in [1.807, 2.05) is 0 Å². The Kier molecular flexibility index (Phi) is 5.42. The Morgan fingerprint density at radius 3 is 2.57 bits per heavy atom. The molecule has 156 valence electrons. The lowest BCUT2D eigenvalue weighted by Crippen LogP contribution is -2.38. The fourth-order valence-electron chi connectivity index (χ4n) is 3.47. The number of rotatable bonds is 2. The number of aromatic amines is 1. The van der Waals surface area contributed by atoms with Gasteiger partial charge in [-0.2, -0.15) is 11.8 Å². The van der Waals surface area contributed by atoms with Crippen LogP contribution in [0.25, 0.3) is 10.8 Å². The highest BCUT2D eigenvalue weighted by Gasteiger charge is 2.31. The lowest BCUT2D eigenvalue weighted by atomic mass is 9.97. The molecule has 0 fully saturated rings. The molecular weight excluding hydrogens is 439 g/mol. The smallest absolute Gasteiger partial charge is 0.322 e. The first-order chi connectivity index (χ1) is 14.3. The van der Waals surface area contributed by atoms with E-state index in [9.17, 15) is 22.8 Å². The molecule has 5 nitrogen and oxygen atoms in total. The molecule has 0 bridgehead atoms. The van der Waals surface area contributed by atoms with Crippen molar-refractivity contribution in [3.05, 3.63) is 74.4 Å². The zero-order chi connectivity index (χ0) is 21.6. The number of carbonyl (C=O) groups excluding carboxylic acids is 1. The predicted molar refractivity (Wildman–Crippen MR) is 112 cm³/mol. The minimum absolute atomic E-state index is 0.0173. The van der Waals surface area contributed by atoms with E-state index >= 15 is 0 Å². The molecule has 2 N–H and O–H groups in total. The summed E-state index contributed by atoms with van der Waals surface area (Å²) in [5.74, 6) is -1.83. The largest absolute Gasteiger partial charge is 0.324 e. The number of thioether (sulfide) groups is 1. The van der Waals surface area contributed by atoms with Crippen LogP contribution in [0.3, 0.4) is 0 Å². The van der Waals surface area contributed by atoms with E-state index in [1.54, 1.807) is 7.05 Å². The number of halogens is 4. The van der Waals surface area contributed by atoms with Crippen LogP contribution >= 0.6 is 23.4 Å². The minimum atomic E-state index is -1.12. The Balaban J connectivity index is 1.73. The van der Waals surface area contributed by atoms with Gasteiger partial charge in [-0.3, -0.25) is 4.79 Å². The molecule has 10 heteroatoms. The molecule has 0 radical (unpaired) electrons.